The van der Waals surface area contributed by atoms with E-state index in [1.54, 1.807) is 6.07 Å². The van der Waals surface area contributed by atoms with Crippen LogP contribution in [0, 0.1) is 5.82 Å². The first-order chi connectivity index (χ1) is 11.2. The van der Waals surface area contributed by atoms with E-state index in [-0.39, 0.29) is 23.8 Å². The molecule has 1 amide bonds. The van der Waals surface area contributed by atoms with E-state index in [1.807, 2.05) is 30.1 Å². The number of aryl methyl sites for hydroxylation is 1. The Balaban J connectivity index is 1.71. The van der Waals surface area contributed by atoms with Crippen molar-refractivity contribution in [2.24, 2.45) is 0 Å². The van der Waals surface area contributed by atoms with Crippen LogP contribution >= 0.6 is 0 Å². The predicted molar refractivity (Wildman–Crippen MR) is 85.0 cm³/mol. The maximum Gasteiger partial charge on any atom is 0.220 e. The van der Waals surface area contributed by atoms with Crippen LogP contribution in [0.5, 0.6) is 0 Å². The minimum atomic E-state index is -0.287. The van der Waals surface area contributed by atoms with Gasteiger partial charge in [0.1, 0.15) is 5.82 Å². The molecule has 0 aliphatic carbocycles. The lowest BCUT2D eigenvalue weighted by molar-refractivity contribution is -0.123. The Hall–Kier alpha value is -2.21. The zero-order valence-electron chi connectivity index (χ0n) is 13.1. The molecule has 6 heteroatoms. The number of carbonyl (C=O) groups excluding carboxylic acids is 1. The number of aromatic nitrogens is 2. The van der Waals surface area contributed by atoms with Gasteiger partial charge in [0.05, 0.1) is 12.2 Å². The molecule has 2 aromatic rings. The highest BCUT2D eigenvalue weighted by atomic mass is 19.1. The summed E-state index contributed by atoms with van der Waals surface area (Å²) >= 11 is 0. The number of hydrogen-bond donors (Lipinski definition) is 2. The van der Waals surface area contributed by atoms with Crippen molar-refractivity contribution in [1.29, 1.82) is 0 Å². The lowest BCUT2D eigenvalue weighted by atomic mass is 9.91. The van der Waals surface area contributed by atoms with Crippen molar-refractivity contribution in [2.75, 3.05) is 0 Å². The van der Waals surface area contributed by atoms with Crippen molar-refractivity contribution in [3.63, 3.8) is 0 Å². The standard InChI is InChI=1S/C17H21FN4O/c1-2-22-11-12(10-20-22)9-19-15-6-7-16(23)21-17(15)13-4-3-5-14(18)8-13/h3-5,8,10-11,15,17,19H,2,6-7,9H2,1H3,(H,21,23)/t15-,17+/m1/s1. The molecule has 122 valence electrons. The SMILES string of the molecule is CCn1cc(CN[C@@H]2CCC(=O)N[C@H]2c2cccc(F)c2)cn1. The molecule has 0 saturated carbocycles. The second-order valence-corrected chi connectivity index (χ2v) is 5.83. The van der Waals surface area contributed by atoms with E-state index in [1.165, 1.54) is 12.1 Å². The van der Waals surface area contributed by atoms with Gasteiger partial charge in [-0.15, -0.1) is 0 Å². The first kappa shape index (κ1) is 15.7. The minimum Gasteiger partial charge on any atom is -0.348 e. The van der Waals surface area contributed by atoms with Crippen molar-refractivity contribution >= 4 is 5.91 Å². The van der Waals surface area contributed by atoms with Gasteiger partial charge in [-0.1, -0.05) is 12.1 Å². The number of rotatable bonds is 5. The molecule has 1 aliphatic heterocycles. The fourth-order valence-electron chi connectivity index (χ4n) is 2.95. The average Bonchev–Trinajstić information content (AvgIpc) is 3.02. The van der Waals surface area contributed by atoms with Gasteiger partial charge in [-0.2, -0.15) is 5.10 Å². The van der Waals surface area contributed by atoms with Gasteiger partial charge in [-0.25, -0.2) is 4.39 Å². The molecule has 1 saturated heterocycles. The fraction of sp³-hybridized carbons (Fsp3) is 0.412. The van der Waals surface area contributed by atoms with Gasteiger partial charge in [0.15, 0.2) is 0 Å². The zero-order valence-corrected chi connectivity index (χ0v) is 13.1. The summed E-state index contributed by atoms with van der Waals surface area (Å²) in [6, 6.07) is 6.28. The van der Waals surface area contributed by atoms with Gasteiger partial charge in [-0.05, 0) is 31.0 Å². The molecule has 1 fully saturated rings. The Bertz CT molecular complexity index is 685. The largest absolute Gasteiger partial charge is 0.348 e. The molecule has 2 N–H and O–H groups in total. The lowest BCUT2D eigenvalue weighted by Crippen LogP contribution is -2.48. The fourth-order valence-corrected chi connectivity index (χ4v) is 2.95. The number of benzene rings is 1. The van der Waals surface area contributed by atoms with E-state index in [9.17, 15) is 9.18 Å². The molecule has 1 aromatic heterocycles. The topological polar surface area (TPSA) is 59.0 Å². The van der Waals surface area contributed by atoms with Gasteiger partial charge in [0.25, 0.3) is 0 Å². The highest BCUT2D eigenvalue weighted by Gasteiger charge is 2.29. The normalized spacial score (nSPS) is 21.2. The van der Waals surface area contributed by atoms with Crippen LogP contribution in [0.2, 0.25) is 0 Å². The third kappa shape index (κ3) is 3.76. The summed E-state index contributed by atoms with van der Waals surface area (Å²) < 4.78 is 15.4. The van der Waals surface area contributed by atoms with E-state index in [2.05, 4.69) is 15.7 Å². The Labute approximate surface area is 134 Å². The molecular formula is C17H21FN4O. The summed E-state index contributed by atoms with van der Waals surface area (Å²) in [7, 11) is 0. The van der Waals surface area contributed by atoms with Gasteiger partial charge in [0.2, 0.25) is 5.91 Å². The van der Waals surface area contributed by atoms with Crippen LogP contribution in [-0.4, -0.2) is 21.7 Å². The highest BCUT2D eigenvalue weighted by Crippen LogP contribution is 2.25. The van der Waals surface area contributed by atoms with Crippen LogP contribution in [-0.2, 0) is 17.9 Å². The molecule has 23 heavy (non-hydrogen) atoms. The summed E-state index contributed by atoms with van der Waals surface area (Å²) in [6.07, 6.45) is 5.06. The van der Waals surface area contributed by atoms with Gasteiger partial charge in [-0.3, -0.25) is 9.48 Å². The molecule has 2 atom stereocenters. The van der Waals surface area contributed by atoms with Crippen LogP contribution in [0.15, 0.2) is 36.7 Å². The Morgan fingerprint density at radius 2 is 2.35 bits per heavy atom. The highest BCUT2D eigenvalue weighted by molar-refractivity contribution is 5.77. The Kier molecular flexibility index (Phi) is 4.71. The smallest absolute Gasteiger partial charge is 0.220 e. The minimum absolute atomic E-state index is 0.0103. The van der Waals surface area contributed by atoms with E-state index >= 15 is 0 Å². The van der Waals surface area contributed by atoms with Crippen LogP contribution < -0.4 is 10.6 Å². The number of hydrogen-bond acceptors (Lipinski definition) is 3. The Morgan fingerprint density at radius 1 is 1.48 bits per heavy atom. The maximum atomic E-state index is 13.5. The lowest BCUT2D eigenvalue weighted by Gasteiger charge is -2.33. The van der Waals surface area contributed by atoms with Crippen molar-refractivity contribution in [1.82, 2.24) is 20.4 Å². The van der Waals surface area contributed by atoms with Crippen LogP contribution in [0.4, 0.5) is 4.39 Å². The molecule has 0 spiro atoms. The molecule has 0 unspecified atom stereocenters. The second-order valence-electron chi connectivity index (χ2n) is 5.83. The number of carbonyl (C=O) groups is 1. The maximum absolute atomic E-state index is 13.5. The summed E-state index contributed by atoms with van der Waals surface area (Å²) in [5.74, 6) is -0.276. The molecule has 1 aliphatic rings. The molecule has 0 radical (unpaired) electrons. The van der Waals surface area contributed by atoms with Crippen molar-refractivity contribution in [3.05, 3.63) is 53.6 Å². The van der Waals surface area contributed by atoms with Crippen molar-refractivity contribution in [3.8, 4) is 0 Å². The number of nitrogens with one attached hydrogen (secondary N) is 2. The quantitative estimate of drug-likeness (QED) is 0.888. The average molecular weight is 316 g/mol. The summed E-state index contributed by atoms with van der Waals surface area (Å²) in [5, 5.41) is 10.7. The Morgan fingerprint density at radius 3 is 3.09 bits per heavy atom. The summed E-state index contributed by atoms with van der Waals surface area (Å²) in [4.78, 5) is 11.7. The monoisotopic (exact) mass is 316 g/mol. The van der Waals surface area contributed by atoms with E-state index in [0.717, 1.165) is 24.1 Å². The summed E-state index contributed by atoms with van der Waals surface area (Å²) in [5.41, 5.74) is 1.89. The molecule has 5 nitrogen and oxygen atoms in total. The molecule has 1 aromatic carbocycles. The predicted octanol–water partition coefficient (Wildman–Crippen LogP) is 2.15. The van der Waals surface area contributed by atoms with Gasteiger partial charge in [0, 0.05) is 37.3 Å². The molecule has 2 heterocycles. The zero-order chi connectivity index (χ0) is 16.2. The van der Waals surface area contributed by atoms with Crippen LogP contribution in [0.25, 0.3) is 0 Å². The van der Waals surface area contributed by atoms with Gasteiger partial charge >= 0.3 is 0 Å². The van der Waals surface area contributed by atoms with E-state index < -0.39 is 0 Å². The number of amides is 1. The third-order valence-corrected chi connectivity index (χ3v) is 4.19. The summed E-state index contributed by atoms with van der Waals surface area (Å²) in [6.45, 7) is 3.55. The third-order valence-electron chi connectivity index (χ3n) is 4.19. The molecular weight excluding hydrogens is 295 g/mol. The first-order valence-corrected chi connectivity index (χ1v) is 7.95. The van der Waals surface area contributed by atoms with Crippen molar-refractivity contribution < 1.29 is 9.18 Å². The molecule has 3 rings (SSSR count). The first-order valence-electron chi connectivity index (χ1n) is 7.95. The van der Waals surface area contributed by atoms with Crippen molar-refractivity contribution in [2.45, 2.75) is 44.9 Å². The number of piperidine rings is 1. The van der Waals surface area contributed by atoms with Crippen LogP contribution in [0.1, 0.15) is 36.9 Å². The van der Waals surface area contributed by atoms with E-state index in [4.69, 9.17) is 0 Å². The number of nitrogens with zero attached hydrogens (tertiary/aromatic N) is 2. The number of halogens is 1. The second kappa shape index (κ2) is 6.91. The molecule has 0 bridgehead atoms. The van der Waals surface area contributed by atoms with Gasteiger partial charge < -0.3 is 10.6 Å². The van der Waals surface area contributed by atoms with E-state index in [0.29, 0.717) is 13.0 Å². The van der Waals surface area contributed by atoms with Crippen LogP contribution in [0.3, 0.4) is 0 Å².